The molecule has 0 aliphatic heterocycles. The molecule has 0 radical (unpaired) electrons. The highest BCUT2D eigenvalue weighted by atomic mass is 16.6. The molecule has 0 aliphatic rings. The summed E-state index contributed by atoms with van der Waals surface area (Å²) in [6, 6.07) is 0. The maximum absolute atomic E-state index is 12.0. The van der Waals surface area contributed by atoms with Gasteiger partial charge < -0.3 is 14.6 Å². The second-order valence-corrected chi connectivity index (χ2v) is 10.5. The first-order valence-electron chi connectivity index (χ1n) is 16.2. The zero-order valence-corrected chi connectivity index (χ0v) is 25.8. The van der Waals surface area contributed by atoms with E-state index in [1.807, 2.05) is 0 Å². The molecule has 0 fully saturated rings. The van der Waals surface area contributed by atoms with Gasteiger partial charge in [0.15, 0.2) is 6.10 Å². The van der Waals surface area contributed by atoms with Crippen LogP contribution in [0.2, 0.25) is 0 Å². The summed E-state index contributed by atoms with van der Waals surface area (Å²) in [7, 11) is 0. The minimum Gasteiger partial charge on any atom is -0.462 e. The van der Waals surface area contributed by atoms with Gasteiger partial charge in [-0.2, -0.15) is 0 Å². The molecule has 40 heavy (non-hydrogen) atoms. The molecule has 0 saturated heterocycles. The van der Waals surface area contributed by atoms with Crippen molar-refractivity contribution in [1.82, 2.24) is 0 Å². The first-order chi connectivity index (χ1) is 19.6. The highest BCUT2D eigenvalue weighted by molar-refractivity contribution is 5.70. The molecule has 0 saturated carbocycles. The van der Waals surface area contributed by atoms with E-state index < -0.39 is 6.10 Å². The van der Waals surface area contributed by atoms with E-state index in [1.165, 1.54) is 64.2 Å². The first kappa shape index (κ1) is 37.9. The van der Waals surface area contributed by atoms with Gasteiger partial charge in [0.05, 0.1) is 6.61 Å². The average Bonchev–Trinajstić information content (AvgIpc) is 2.96. The SMILES string of the molecule is CCCCC/C=C/C/C=C/C/C=C/C/C=C/CCCC(=O)OC[C@H](CO)OC(=O)CCCCCCCCCCC. The van der Waals surface area contributed by atoms with Crippen LogP contribution in [0, 0.1) is 0 Å². The van der Waals surface area contributed by atoms with Crippen molar-refractivity contribution in [2.45, 2.75) is 148 Å². The lowest BCUT2D eigenvalue weighted by Gasteiger charge is -2.15. The Morgan fingerprint density at radius 3 is 1.57 bits per heavy atom. The zero-order valence-electron chi connectivity index (χ0n) is 25.8. The number of hydrogen-bond acceptors (Lipinski definition) is 5. The number of aliphatic hydroxyl groups excluding tert-OH is 1. The number of aliphatic hydroxyl groups is 1. The predicted molar refractivity (Wildman–Crippen MR) is 168 cm³/mol. The lowest BCUT2D eigenvalue weighted by molar-refractivity contribution is -0.161. The normalized spacial score (nSPS) is 12.8. The molecule has 0 rings (SSSR count). The van der Waals surface area contributed by atoms with Crippen LogP contribution in [0.5, 0.6) is 0 Å². The van der Waals surface area contributed by atoms with Crippen molar-refractivity contribution in [1.29, 1.82) is 0 Å². The fraction of sp³-hybridized carbons (Fsp3) is 0.714. The Bertz CT molecular complexity index is 692. The van der Waals surface area contributed by atoms with Crippen LogP contribution in [0.1, 0.15) is 142 Å². The second kappa shape index (κ2) is 31.4. The van der Waals surface area contributed by atoms with Gasteiger partial charge >= 0.3 is 11.9 Å². The molecule has 1 atom stereocenters. The number of carbonyl (C=O) groups excluding carboxylic acids is 2. The van der Waals surface area contributed by atoms with E-state index in [2.05, 4.69) is 62.5 Å². The van der Waals surface area contributed by atoms with E-state index in [0.29, 0.717) is 19.3 Å². The zero-order chi connectivity index (χ0) is 29.4. The number of carbonyl (C=O) groups is 2. The average molecular weight is 561 g/mol. The predicted octanol–water partition coefficient (Wildman–Crippen LogP) is 9.50. The van der Waals surface area contributed by atoms with Crippen LogP contribution in [-0.4, -0.2) is 36.4 Å². The van der Waals surface area contributed by atoms with Gasteiger partial charge in [0.25, 0.3) is 0 Å². The van der Waals surface area contributed by atoms with Crippen LogP contribution in [-0.2, 0) is 19.1 Å². The third kappa shape index (κ3) is 28.9. The molecule has 0 heterocycles. The Labute approximate surface area is 246 Å². The molecule has 0 aliphatic carbocycles. The Balaban J connectivity index is 3.72. The summed E-state index contributed by atoms with van der Waals surface area (Å²) in [6.45, 7) is 4.01. The molecule has 0 spiro atoms. The standard InChI is InChI=1S/C35H60O5/c1-3-5-7-9-11-13-14-15-16-17-18-19-20-22-23-25-27-29-34(37)39-32-33(31-36)40-35(38)30-28-26-24-21-12-10-8-6-4-2/h11,13,15-16,18-19,22-23,33,36H,3-10,12,14,17,20-21,24-32H2,1-2H3/b13-11+,16-15+,19-18+,23-22+/t33-/m0/s1. The van der Waals surface area contributed by atoms with Crippen LogP contribution in [0.15, 0.2) is 48.6 Å². The molecule has 5 heteroatoms. The van der Waals surface area contributed by atoms with Crippen molar-refractivity contribution in [2.24, 2.45) is 0 Å². The van der Waals surface area contributed by atoms with Crippen molar-refractivity contribution >= 4 is 11.9 Å². The molecular formula is C35H60O5. The van der Waals surface area contributed by atoms with Gasteiger partial charge in [-0.3, -0.25) is 9.59 Å². The van der Waals surface area contributed by atoms with Gasteiger partial charge in [-0.1, -0.05) is 127 Å². The quantitative estimate of drug-likeness (QED) is 0.0586. The summed E-state index contributed by atoms with van der Waals surface area (Å²) >= 11 is 0. The van der Waals surface area contributed by atoms with Crippen molar-refractivity contribution in [3.05, 3.63) is 48.6 Å². The molecule has 0 aromatic carbocycles. The Kier molecular flexibility index (Phi) is 29.7. The van der Waals surface area contributed by atoms with Crippen LogP contribution in [0.4, 0.5) is 0 Å². The summed E-state index contributed by atoms with van der Waals surface area (Å²) in [5, 5.41) is 9.46. The molecule has 0 amide bonds. The van der Waals surface area contributed by atoms with Gasteiger partial charge in [0.2, 0.25) is 0 Å². The fourth-order valence-electron chi connectivity index (χ4n) is 4.13. The lowest BCUT2D eigenvalue weighted by atomic mass is 10.1. The third-order valence-electron chi connectivity index (χ3n) is 6.63. The minimum atomic E-state index is -0.788. The summed E-state index contributed by atoms with van der Waals surface area (Å²) in [4.78, 5) is 24.0. The molecule has 0 unspecified atom stereocenters. The molecular weight excluding hydrogens is 500 g/mol. The molecule has 0 aromatic heterocycles. The monoisotopic (exact) mass is 560 g/mol. The van der Waals surface area contributed by atoms with Crippen molar-refractivity contribution in [2.75, 3.05) is 13.2 Å². The van der Waals surface area contributed by atoms with E-state index in [4.69, 9.17) is 9.47 Å². The number of allylic oxidation sites excluding steroid dienone is 8. The molecule has 5 nitrogen and oxygen atoms in total. The highest BCUT2D eigenvalue weighted by Gasteiger charge is 2.15. The third-order valence-corrected chi connectivity index (χ3v) is 6.63. The maximum Gasteiger partial charge on any atom is 0.306 e. The van der Waals surface area contributed by atoms with E-state index >= 15 is 0 Å². The number of rotatable bonds is 28. The van der Waals surface area contributed by atoms with E-state index in [-0.39, 0.29) is 25.2 Å². The van der Waals surface area contributed by atoms with E-state index in [9.17, 15) is 14.7 Å². The Morgan fingerprint density at radius 1 is 0.575 bits per heavy atom. The topological polar surface area (TPSA) is 72.8 Å². The molecule has 0 aromatic rings. The van der Waals surface area contributed by atoms with Gasteiger partial charge in [0, 0.05) is 12.8 Å². The number of esters is 2. The molecule has 0 bridgehead atoms. The fourth-order valence-corrected chi connectivity index (χ4v) is 4.13. The first-order valence-corrected chi connectivity index (χ1v) is 16.2. The molecule has 1 N–H and O–H groups in total. The van der Waals surface area contributed by atoms with Gasteiger partial charge in [0.1, 0.15) is 6.61 Å². The van der Waals surface area contributed by atoms with Crippen LogP contribution >= 0.6 is 0 Å². The summed E-state index contributed by atoms with van der Waals surface area (Å²) < 4.78 is 10.5. The molecule has 230 valence electrons. The van der Waals surface area contributed by atoms with Gasteiger partial charge in [-0.25, -0.2) is 0 Å². The Hall–Kier alpha value is -2.14. The summed E-state index contributed by atoms with van der Waals surface area (Å²) in [5.74, 6) is -0.664. The minimum absolute atomic E-state index is 0.0941. The highest BCUT2D eigenvalue weighted by Crippen LogP contribution is 2.11. The number of hydrogen-bond donors (Lipinski definition) is 1. The van der Waals surface area contributed by atoms with E-state index in [1.54, 1.807) is 0 Å². The van der Waals surface area contributed by atoms with Crippen LogP contribution in [0.25, 0.3) is 0 Å². The number of ether oxygens (including phenoxy) is 2. The van der Waals surface area contributed by atoms with Crippen molar-refractivity contribution in [3.63, 3.8) is 0 Å². The second-order valence-electron chi connectivity index (χ2n) is 10.5. The van der Waals surface area contributed by atoms with Crippen molar-refractivity contribution in [3.8, 4) is 0 Å². The summed E-state index contributed by atoms with van der Waals surface area (Å²) in [5.41, 5.74) is 0. The van der Waals surface area contributed by atoms with Crippen LogP contribution in [0.3, 0.4) is 0 Å². The maximum atomic E-state index is 12.0. The van der Waals surface area contributed by atoms with E-state index in [0.717, 1.165) is 44.9 Å². The Morgan fingerprint density at radius 2 is 1.02 bits per heavy atom. The van der Waals surface area contributed by atoms with Gasteiger partial charge in [-0.15, -0.1) is 0 Å². The van der Waals surface area contributed by atoms with Crippen molar-refractivity contribution < 1.29 is 24.2 Å². The smallest absolute Gasteiger partial charge is 0.306 e. The largest absolute Gasteiger partial charge is 0.462 e. The van der Waals surface area contributed by atoms with Gasteiger partial charge in [-0.05, 0) is 51.4 Å². The van der Waals surface area contributed by atoms with Crippen LogP contribution < -0.4 is 0 Å². The summed E-state index contributed by atoms with van der Waals surface area (Å²) in [6.07, 6.45) is 37.4. The lowest BCUT2D eigenvalue weighted by Crippen LogP contribution is -2.28. The number of unbranched alkanes of at least 4 members (excludes halogenated alkanes) is 12.